The van der Waals surface area contributed by atoms with E-state index >= 15 is 0 Å². The van der Waals surface area contributed by atoms with Crippen LogP contribution >= 0.6 is 0 Å². The maximum absolute atomic E-state index is 9.49. The molecule has 7 aromatic rings. The van der Waals surface area contributed by atoms with Crippen LogP contribution in [0.5, 0.6) is 23.0 Å². The second-order valence-electron chi connectivity index (χ2n) is 16.6. The van der Waals surface area contributed by atoms with Crippen LogP contribution in [0.1, 0.15) is 37.1 Å². The fourth-order valence-corrected chi connectivity index (χ4v) is 8.69. The normalized spacial score (nSPS) is 12.1. The van der Waals surface area contributed by atoms with Gasteiger partial charge in [-0.15, -0.1) is 0 Å². The van der Waals surface area contributed by atoms with E-state index in [4.69, 9.17) is 28.9 Å². The summed E-state index contributed by atoms with van der Waals surface area (Å²) in [7, 11) is 0. The molecular formula is C56H56N4O8. The molecule has 12 heteroatoms. The molecule has 5 heterocycles. The number of aromatic amines is 2. The Labute approximate surface area is 394 Å². The zero-order valence-electron chi connectivity index (χ0n) is 37.9. The molecule has 0 saturated heterocycles. The molecule has 0 spiro atoms. The highest BCUT2D eigenvalue weighted by Crippen LogP contribution is 2.36. The van der Waals surface area contributed by atoms with Crippen LogP contribution in [0.15, 0.2) is 121 Å². The second kappa shape index (κ2) is 22.1. The van der Waals surface area contributed by atoms with E-state index in [0.29, 0.717) is 88.0 Å². The Morgan fingerprint density at radius 1 is 0.382 bits per heavy atom. The van der Waals surface area contributed by atoms with Crippen LogP contribution in [0.25, 0.3) is 78.7 Å². The topological polar surface area (TPSA) is 175 Å². The van der Waals surface area contributed by atoms with Gasteiger partial charge in [-0.05, 0) is 95.1 Å². The highest BCUT2D eigenvalue weighted by Gasteiger charge is 2.19. The van der Waals surface area contributed by atoms with Crippen LogP contribution in [0.3, 0.4) is 0 Å². The van der Waals surface area contributed by atoms with E-state index < -0.39 is 0 Å². The molecule has 0 radical (unpaired) electrons. The van der Waals surface area contributed by atoms with Crippen molar-refractivity contribution >= 4 is 34.2 Å². The Morgan fingerprint density at radius 3 is 0.985 bits per heavy atom. The average molecular weight is 913 g/mol. The summed E-state index contributed by atoms with van der Waals surface area (Å²) in [6.45, 7) is 1.70. The van der Waals surface area contributed by atoms with Gasteiger partial charge in [0.2, 0.25) is 0 Å². The zero-order valence-corrected chi connectivity index (χ0v) is 37.9. The molecule has 0 atom stereocenters. The van der Waals surface area contributed by atoms with Crippen molar-refractivity contribution in [2.75, 3.05) is 52.9 Å². The van der Waals surface area contributed by atoms with Crippen molar-refractivity contribution in [3.8, 4) is 67.5 Å². The van der Waals surface area contributed by atoms with Crippen molar-refractivity contribution in [1.29, 1.82) is 0 Å². The third-order valence-corrected chi connectivity index (χ3v) is 11.8. The maximum atomic E-state index is 9.49. The quantitative estimate of drug-likeness (QED) is 0.0411. The van der Waals surface area contributed by atoms with E-state index in [1.807, 2.05) is 72.8 Å². The third kappa shape index (κ3) is 10.5. The predicted octanol–water partition coefficient (Wildman–Crippen LogP) is 8.07. The summed E-state index contributed by atoms with van der Waals surface area (Å²) in [5.74, 6) is 2.76. The van der Waals surface area contributed by atoms with E-state index in [-0.39, 0.29) is 26.4 Å². The minimum absolute atomic E-state index is 0.0397. The molecule has 9 rings (SSSR count). The van der Waals surface area contributed by atoms with Crippen LogP contribution in [0.4, 0.5) is 0 Å². The van der Waals surface area contributed by atoms with Crippen molar-refractivity contribution in [3.63, 3.8) is 0 Å². The van der Waals surface area contributed by atoms with Gasteiger partial charge in [0.25, 0.3) is 0 Å². The van der Waals surface area contributed by atoms with Crippen LogP contribution in [0.2, 0.25) is 0 Å². The van der Waals surface area contributed by atoms with Gasteiger partial charge in [-0.25, -0.2) is 0 Å². The predicted molar refractivity (Wildman–Crippen MR) is 267 cm³/mol. The third-order valence-electron chi connectivity index (χ3n) is 11.8. The van der Waals surface area contributed by atoms with Crippen molar-refractivity contribution in [1.82, 2.24) is 19.9 Å². The Bertz CT molecular complexity index is 2970. The lowest BCUT2D eigenvalue weighted by Crippen LogP contribution is -2.07. The van der Waals surface area contributed by atoms with E-state index in [1.165, 1.54) is 0 Å². The summed E-state index contributed by atoms with van der Waals surface area (Å²) < 4.78 is 24.4. The van der Waals surface area contributed by atoms with Gasteiger partial charge in [-0.2, -0.15) is 0 Å². The lowest BCUT2D eigenvalue weighted by Gasteiger charge is -2.10. The molecule has 2 aliphatic rings. The number of rotatable bonds is 20. The molecule has 0 saturated carbocycles. The Hall–Kier alpha value is -7.22. The zero-order chi connectivity index (χ0) is 46.7. The smallest absolute Gasteiger partial charge is 0.119 e. The first-order chi connectivity index (χ1) is 33.5. The summed E-state index contributed by atoms with van der Waals surface area (Å²) in [5, 5.41) is 39.5. The summed E-state index contributed by atoms with van der Waals surface area (Å²) in [6, 6.07) is 40.4. The first-order valence-corrected chi connectivity index (χ1v) is 23.3. The standard InChI is InChI=1S/C56H56N4O8/c61-25-5-29-65-41-13-1-9-37(33-41)53-45-17-19-47(57-45)54(38-10-2-14-42(34-38)66-30-6-26-62)49-21-23-51(59-49)56(40-12-4-16-44(36-40)68-32-8-28-64)52-24-22-50(60-52)55(48-20-18-46(53)58-48)39-11-3-15-43(35-39)67-31-7-27-63/h1-4,9-19,22-24,33-36,57,60-64H,5-8,20-21,25-32H2. The van der Waals surface area contributed by atoms with Gasteiger partial charge >= 0.3 is 0 Å². The molecule has 6 N–H and O–H groups in total. The number of hydrogen-bond acceptors (Lipinski definition) is 10. The number of ether oxygens (including phenoxy) is 4. The lowest BCUT2D eigenvalue weighted by molar-refractivity contribution is 0.233. The summed E-state index contributed by atoms with van der Waals surface area (Å²) in [4.78, 5) is 18.7. The molecule has 12 nitrogen and oxygen atoms in total. The lowest BCUT2D eigenvalue weighted by atomic mass is 10.0. The number of fused-ring (bicyclic) bond motifs is 8. The molecule has 0 unspecified atom stereocenters. The fraction of sp³-hybridized carbons (Fsp3) is 0.250. The minimum Gasteiger partial charge on any atom is -0.493 e. The van der Waals surface area contributed by atoms with Gasteiger partial charge in [0.15, 0.2) is 0 Å². The van der Waals surface area contributed by atoms with Crippen molar-refractivity contribution < 1.29 is 39.4 Å². The highest BCUT2D eigenvalue weighted by atomic mass is 16.5. The van der Waals surface area contributed by atoms with Crippen molar-refractivity contribution in [2.45, 2.75) is 38.5 Å². The largest absolute Gasteiger partial charge is 0.493 e. The molecule has 68 heavy (non-hydrogen) atoms. The molecule has 348 valence electrons. The van der Waals surface area contributed by atoms with Gasteiger partial charge < -0.3 is 49.3 Å². The molecular weight excluding hydrogens is 857 g/mol. The minimum atomic E-state index is 0.0397. The van der Waals surface area contributed by atoms with Gasteiger partial charge in [0.05, 0.1) is 48.5 Å². The van der Waals surface area contributed by atoms with Gasteiger partial charge in [0, 0.05) is 109 Å². The molecule has 0 aliphatic carbocycles. The van der Waals surface area contributed by atoms with E-state index in [2.05, 4.69) is 70.7 Å². The highest BCUT2D eigenvalue weighted by molar-refractivity contribution is 5.92. The van der Waals surface area contributed by atoms with E-state index in [0.717, 1.165) is 88.7 Å². The summed E-state index contributed by atoms with van der Waals surface area (Å²) in [6.07, 6.45) is 7.50. The number of nitrogens with one attached hydrogen (secondary N) is 2. The summed E-state index contributed by atoms with van der Waals surface area (Å²) >= 11 is 0. The Kier molecular flexibility index (Phi) is 14.9. The average Bonchev–Trinajstić information content (AvgIpc) is 4.21. The van der Waals surface area contributed by atoms with Crippen LogP contribution in [-0.2, 0) is 12.8 Å². The fourth-order valence-electron chi connectivity index (χ4n) is 8.69. The van der Waals surface area contributed by atoms with Gasteiger partial charge in [0.1, 0.15) is 23.0 Å². The maximum Gasteiger partial charge on any atom is 0.119 e. The molecule has 0 fully saturated rings. The second-order valence-corrected chi connectivity index (χ2v) is 16.6. The molecule has 2 aliphatic heterocycles. The van der Waals surface area contributed by atoms with E-state index in [9.17, 15) is 20.4 Å². The van der Waals surface area contributed by atoms with Crippen molar-refractivity contribution in [2.24, 2.45) is 0 Å². The number of hydrogen-bond donors (Lipinski definition) is 6. The van der Waals surface area contributed by atoms with Gasteiger partial charge in [-0.1, -0.05) is 60.7 Å². The number of aliphatic hydroxyl groups is 4. The Balaban J connectivity index is 1.37. The number of benzene rings is 4. The number of nitrogens with zero attached hydrogens (tertiary/aromatic N) is 2. The van der Waals surface area contributed by atoms with Crippen molar-refractivity contribution in [3.05, 3.63) is 143 Å². The first-order valence-electron chi connectivity index (χ1n) is 23.3. The number of H-pyrrole nitrogens is 2. The monoisotopic (exact) mass is 912 g/mol. The Morgan fingerprint density at radius 2 is 0.676 bits per heavy atom. The number of aliphatic hydroxyl groups excluding tert-OH is 4. The molecule has 8 bridgehead atoms. The SMILES string of the molecule is OCCCOc1cccc(-c2c3nc(c(-c4cccc(OCCCO)c4)c4ccc([nH]4)c(-c4cccc(OCCCO)c4)c4nc(c(-c5cccc(OCCCO)c5)c5ccc2[nH]5)=CC4)=CC3)c1. The van der Waals surface area contributed by atoms with Crippen LogP contribution in [-0.4, -0.2) is 93.2 Å². The van der Waals surface area contributed by atoms with Crippen LogP contribution in [0, 0.1) is 0 Å². The molecule has 4 aromatic carbocycles. The van der Waals surface area contributed by atoms with Gasteiger partial charge in [-0.3, -0.25) is 9.97 Å². The van der Waals surface area contributed by atoms with Crippen LogP contribution < -0.4 is 29.6 Å². The summed E-state index contributed by atoms with van der Waals surface area (Å²) in [5.41, 5.74) is 12.4. The first kappa shape index (κ1) is 45.9. The van der Waals surface area contributed by atoms with E-state index in [1.54, 1.807) is 0 Å². The molecule has 0 amide bonds. The number of aromatic nitrogens is 4. The molecule has 3 aromatic heterocycles.